The normalized spacial score (nSPS) is 10.7. The molecule has 0 atom stereocenters. The second-order valence-corrected chi connectivity index (χ2v) is 6.72. The number of nitrogens with zero attached hydrogens (tertiary/aromatic N) is 1. The molecule has 1 aromatic heterocycles. The highest BCUT2D eigenvalue weighted by atomic mass is 19.1. The van der Waals surface area contributed by atoms with Crippen LogP contribution in [0.5, 0.6) is 0 Å². The van der Waals surface area contributed by atoms with Gasteiger partial charge in [0.15, 0.2) is 0 Å². The first-order chi connectivity index (χ1) is 13.0. The molecule has 0 spiro atoms. The largest absolute Gasteiger partial charge is 0.352 e. The van der Waals surface area contributed by atoms with E-state index in [9.17, 15) is 9.18 Å². The zero-order valence-electron chi connectivity index (χ0n) is 15.6. The number of aromatic nitrogens is 1. The fourth-order valence-corrected chi connectivity index (χ4v) is 2.88. The van der Waals surface area contributed by atoms with Crippen LogP contribution in [0.15, 0.2) is 60.9 Å². The van der Waals surface area contributed by atoms with E-state index in [1.165, 1.54) is 12.3 Å². The number of hydrogen-bond acceptors (Lipinski definition) is 3. The molecule has 27 heavy (non-hydrogen) atoms. The molecular weight excluding hydrogens is 341 g/mol. The van der Waals surface area contributed by atoms with Crippen molar-refractivity contribution in [3.8, 4) is 0 Å². The van der Waals surface area contributed by atoms with Crippen molar-refractivity contribution in [1.82, 2.24) is 4.98 Å². The van der Waals surface area contributed by atoms with E-state index < -0.39 is 0 Å². The van der Waals surface area contributed by atoms with Crippen LogP contribution in [0.3, 0.4) is 0 Å². The fourth-order valence-electron chi connectivity index (χ4n) is 2.88. The molecule has 0 aliphatic heterocycles. The number of carbonyl (C=O) groups is 1. The van der Waals surface area contributed by atoms with Gasteiger partial charge in [-0.2, -0.15) is 0 Å². The van der Waals surface area contributed by atoms with Crippen LogP contribution in [0.2, 0.25) is 0 Å². The Balaban J connectivity index is 1.84. The molecule has 3 rings (SSSR count). The SMILES string of the molecule is Cc1cccc(C(C)C)c1NC(=O)c1cncc(Nc2ccccc2F)c1. The lowest BCUT2D eigenvalue weighted by atomic mass is 9.98. The number of anilines is 3. The summed E-state index contributed by atoms with van der Waals surface area (Å²) in [5, 5.41) is 5.95. The zero-order valence-corrected chi connectivity index (χ0v) is 15.6. The Bertz CT molecular complexity index is 969. The van der Waals surface area contributed by atoms with E-state index in [-0.39, 0.29) is 17.6 Å². The van der Waals surface area contributed by atoms with Crippen LogP contribution in [-0.2, 0) is 0 Å². The molecule has 2 aromatic carbocycles. The van der Waals surface area contributed by atoms with Gasteiger partial charge in [-0.15, -0.1) is 0 Å². The van der Waals surface area contributed by atoms with Crippen LogP contribution < -0.4 is 10.6 Å². The Labute approximate surface area is 158 Å². The van der Waals surface area contributed by atoms with Gasteiger partial charge in [-0.25, -0.2) is 4.39 Å². The quantitative estimate of drug-likeness (QED) is 0.616. The van der Waals surface area contributed by atoms with Crippen LogP contribution in [0.4, 0.5) is 21.5 Å². The standard InChI is InChI=1S/C22H22FN3O/c1-14(2)18-8-6-7-15(3)21(18)26-22(27)16-11-17(13-24-12-16)25-20-10-5-4-9-19(20)23/h4-14,25H,1-3H3,(H,26,27). The van der Waals surface area contributed by atoms with Gasteiger partial charge < -0.3 is 10.6 Å². The van der Waals surface area contributed by atoms with E-state index >= 15 is 0 Å². The lowest BCUT2D eigenvalue weighted by Gasteiger charge is -2.16. The number of benzene rings is 2. The summed E-state index contributed by atoms with van der Waals surface area (Å²) in [6, 6.07) is 14.0. The zero-order chi connectivity index (χ0) is 19.4. The smallest absolute Gasteiger partial charge is 0.257 e. The van der Waals surface area contributed by atoms with Crippen molar-refractivity contribution >= 4 is 23.0 Å². The number of amides is 1. The maximum Gasteiger partial charge on any atom is 0.257 e. The molecule has 1 amide bonds. The predicted octanol–water partition coefficient (Wildman–Crippen LogP) is 5.65. The van der Waals surface area contributed by atoms with Gasteiger partial charge in [-0.1, -0.05) is 44.2 Å². The molecule has 0 fully saturated rings. The summed E-state index contributed by atoms with van der Waals surface area (Å²) in [4.78, 5) is 16.9. The lowest BCUT2D eigenvalue weighted by molar-refractivity contribution is 0.102. The summed E-state index contributed by atoms with van der Waals surface area (Å²) in [7, 11) is 0. The molecule has 5 heteroatoms. The number of halogens is 1. The number of nitrogens with one attached hydrogen (secondary N) is 2. The van der Waals surface area contributed by atoms with Gasteiger partial charge in [0.05, 0.1) is 23.1 Å². The average Bonchev–Trinajstić information content (AvgIpc) is 2.65. The molecule has 2 N–H and O–H groups in total. The third-order valence-electron chi connectivity index (χ3n) is 4.32. The van der Waals surface area contributed by atoms with Crippen LogP contribution in [0.1, 0.15) is 41.3 Å². The summed E-state index contributed by atoms with van der Waals surface area (Å²) >= 11 is 0. The highest BCUT2D eigenvalue weighted by Crippen LogP contribution is 2.28. The predicted molar refractivity (Wildman–Crippen MR) is 107 cm³/mol. The number of aryl methyl sites for hydroxylation is 1. The van der Waals surface area contributed by atoms with E-state index in [0.29, 0.717) is 16.9 Å². The Morgan fingerprint density at radius 1 is 1.07 bits per heavy atom. The average molecular weight is 363 g/mol. The highest BCUT2D eigenvalue weighted by Gasteiger charge is 2.14. The van der Waals surface area contributed by atoms with Crippen molar-refractivity contribution in [2.24, 2.45) is 0 Å². The molecule has 138 valence electrons. The first-order valence-electron chi connectivity index (χ1n) is 8.83. The first-order valence-corrected chi connectivity index (χ1v) is 8.83. The Kier molecular flexibility index (Phi) is 5.50. The van der Waals surface area contributed by atoms with Crippen molar-refractivity contribution in [1.29, 1.82) is 0 Å². The molecule has 0 saturated heterocycles. The van der Waals surface area contributed by atoms with Crippen molar-refractivity contribution in [2.75, 3.05) is 10.6 Å². The molecular formula is C22H22FN3O. The molecule has 0 aliphatic rings. The summed E-state index contributed by atoms with van der Waals surface area (Å²) in [6.07, 6.45) is 3.05. The molecule has 0 bridgehead atoms. The van der Waals surface area contributed by atoms with Crippen LogP contribution >= 0.6 is 0 Å². The van der Waals surface area contributed by atoms with Crippen molar-refractivity contribution in [2.45, 2.75) is 26.7 Å². The van der Waals surface area contributed by atoms with Gasteiger partial charge in [-0.3, -0.25) is 9.78 Å². The Hall–Kier alpha value is -3.21. The molecule has 0 aliphatic carbocycles. The number of para-hydroxylation sites is 2. The summed E-state index contributed by atoms with van der Waals surface area (Å²) < 4.78 is 13.8. The molecule has 3 aromatic rings. The second kappa shape index (κ2) is 7.99. The fraction of sp³-hybridized carbons (Fsp3) is 0.182. The highest BCUT2D eigenvalue weighted by molar-refractivity contribution is 6.05. The second-order valence-electron chi connectivity index (χ2n) is 6.72. The summed E-state index contributed by atoms with van der Waals surface area (Å²) in [5.41, 5.74) is 4.18. The Morgan fingerprint density at radius 3 is 2.59 bits per heavy atom. The molecule has 0 saturated carbocycles. The lowest BCUT2D eigenvalue weighted by Crippen LogP contribution is -2.15. The maximum absolute atomic E-state index is 13.8. The van der Waals surface area contributed by atoms with Crippen molar-refractivity contribution < 1.29 is 9.18 Å². The molecule has 0 radical (unpaired) electrons. The molecule has 0 unspecified atom stereocenters. The number of pyridine rings is 1. The minimum atomic E-state index is -0.367. The monoisotopic (exact) mass is 363 g/mol. The van der Waals surface area contributed by atoms with Crippen LogP contribution in [0.25, 0.3) is 0 Å². The van der Waals surface area contributed by atoms with E-state index in [1.54, 1.807) is 30.5 Å². The minimum absolute atomic E-state index is 0.254. The van der Waals surface area contributed by atoms with Crippen molar-refractivity contribution in [3.63, 3.8) is 0 Å². The summed E-state index contributed by atoms with van der Waals surface area (Å²) in [6.45, 7) is 6.14. The number of rotatable bonds is 5. The van der Waals surface area contributed by atoms with Gasteiger partial charge in [0, 0.05) is 11.9 Å². The van der Waals surface area contributed by atoms with Gasteiger partial charge in [-0.05, 0) is 42.2 Å². The number of hydrogen-bond donors (Lipinski definition) is 2. The topological polar surface area (TPSA) is 54.0 Å². The summed E-state index contributed by atoms with van der Waals surface area (Å²) in [5.74, 6) is -0.336. The molecule has 1 heterocycles. The first kappa shape index (κ1) is 18.6. The van der Waals surface area contributed by atoms with Gasteiger partial charge >= 0.3 is 0 Å². The van der Waals surface area contributed by atoms with E-state index in [2.05, 4.69) is 29.5 Å². The van der Waals surface area contributed by atoms with Crippen LogP contribution in [0, 0.1) is 12.7 Å². The van der Waals surface area contributed by atoms with E-state index in [4.69, 9.17) is 0 Å². The molecule has 4 nitrogen and oxygen atoms in total. The van der Waals surface area contributed by atoms with Crippen molar-refractivity contribution in [3.05, 3.63) is 83.4 Å². The van der Waals surface area contributed by atoms with E-state index in [0.717, 1.165) is 16.8 Å². The van der Waals surface area contributed by atoms with E-state index in [1.807, 2.05) is 25.1 Å². The minimum Gasteiger partial charge on any atom is -0.352 e. The van der Waals surface area contributed by atoms with Crippen LogP contribution in [-0.4, -0.2) is 10.9 Å². The maximum atomic E-state index is 13.8. The number of carbonyl (C=O) groups excluding carboxylic acids is 1. The van der Waals surface area contributed by atoms with Gasteiger partial charge in [0.2, 0.25) is 0 Å². The van der Waals surface area contributed by atoms with Gasteiger partial charge in [0.25, 0.3) is 5.91 Å². The third-order valence-corrected chi connectivity index (χ3v) is 4.32. The third kappa shape index (κ3) is 4.31. The Morgan fingerprint density at radius 2 is 1.85 bits per heavy atom. The van der Waals surface area contributed by atoms with Gasteiger partial charge in [0.1, 0.15) is 5.82 Å².